The van der Waals surface area contributed by atoms with E-state index in [1.54, 1.807) is 11.8 Å². The normalized spacial score (nSPS) is 10.2. The van der Waals surface area contributed by atoms with Crippen LogP contribution in [0, 0.1) is 0 Å². The molecule has 0 aliphatic rings. The summed E-state index contributed by atoms with van der Waals surface area (Å²) in [4.78, 5) is 8.30. The lowest BCUT2D eigenvalue weighted by Gasteiger charge is -2.19. The third-order valence-corrected chi connectivity index (χ3v) is 3.97. The summed E-state index contributed by atoms with van der Waals surface area (Å²) in [5.41, 5.74) is 0. The van der Waals surface area contributed by atoms with E-state index in [1.807, 2.05) is 36.4 Å². The van der Waals surface area contributed by atoms with E-state index in [1.165, 1.54) is 11.3 Å². The van der Waals surface area contributed by atoms with Crippen LogP contribution in [0.5, 0.6) is 5.75 Å². The third kappa shape index (κ3) is 6.00. The molecule has 114 valence electrons. The standard InChI is InChI=1S/C17H21NOS.ClH/c1-3-4-14-18(2)19-16-12-8-9-13-17(16)20-15-10-6-5-7-11-15;/h5-13H,3-4,14H2,1-2H3;1H. The molecule has 0 aromatic heterocycles. The van der Waals surface area contributed by atoms with E-state index >= 15 is 0 Å². The second kappa shape index (κ2) is 9.72. The van der Waals surface area contributed by atoms with Crippen molar-refractivity contribution in [3.63, 3.8) is 0 Å². The summed E-state index contributed by atoms with van der Waals surface area (Å²) in [6.07, 6.45) is 2.32. The molecular weight excluding hydrogens is 302 g/mol. The second-order valence-corrected chi connectivity index (χ2v) is 5.77. The highest BCUT2D eigenvalue weighted by atomic mass is 35.5. The van der Waals surface area contributed by atoms with Crippen LogP contribution in [0.15, 0.2) is 64.4 Å². The van der Waals surface area contributed by atoms with Gasteiger partial charge in [0.25, 0.3) is 0 Å². The fourth-order valence-corrected chi connectivity index (χ4v) is 2.72. The minimum Gasteiger partial charge on any atom is -0.405 e. The Balaban J connectivity index is 0.00000220. The molecule has 0 radical (unpaired) electrons. The highest BCUT2D eigenvalue weighted by molar-refractivity contribution is 7.99. The first-order valence-corrected chi connectivity index (χ1v) is 7.82. The predicted molar refractivity (Wildman–Crippen MR) is 92.4 cm³/mol. The van der Waals surface area contributed by atoms with Crippen molar-refractivity contribution in [2.45, 2.75) is 29.6 Å². The smallest absolute Gasteiger partial charge is 0.161 e. The second-order valence-electron chi connectivity index (χ2n) is 4.66. The lowest BCUT2D eigenvalue weighted by molar-refractivity contribution is -0.0351. The van der Waals surface area contributed by atoms with Crippen molar-refractivity contribution in [1.82, 2.24) is 5.06 Å². The molecule has 0 bridgehead atoms. The minimum absolute atomic E-state index is 0. The van der Waals surface area contributed by atoms with E-state index in [9.17, 15) is 0 Å². The van der Waals surface area contributed by atoms with Crippen LogP contribution < -0.4 is 4.84 Å². The van der Waals surface area contributed by atoms with Gasteiger partial charge in [0.2, 0.25) is 0 Å². The summed E-state index contributed by atoms with van der Waals surface area (Å²) in [6, 6.07) is 18.5. The highest BCUT2D eigenvalue weighted by Crippen LogP contribution is 2.34. The molecule has 4 heteroatoms. The van der Waals surface area contributed by atoms with Gasteiger partial charge in [-0.3, -0.25) is 0 Å². The predicted octanol–water partition coefficient (Wildman–Crippen LogP) is 5.29. The molecule has 0 saturated carbocycles. The fraction of sp³-hybridized carbons (Fsp3) is 0.294. The molecule has 0 saturated heterocycles. The fourth-order valence-electron chi connectivity index (χ4n) is 1.82. The zero-order valence-corrected chi connectivity index (χ0v) is 14.1. The zero-order chi connectivity index (χ0) is 14.2. The Kier molecular flexibility index (Phi) is 8.28. The average molecular weight is 324 g/mol. The number of nitrogens with zero attached hydrogens (tertiary/aromatic N) is 1. The number of halogens is 1. The van der Waals surface area contributed by atoms with Crippen LogP contribution in [-0.4, -0.2) is 18.7 Å². The maximum absolute atomic E-state index is 5.93. The summed E-state index contributed by atoms with van der Waals surface area (Å²) >= 11 is 1.73. The first-order chi connectivity index (χ1) is 9.79. The van der Waals surface area contributed by atoms with Crippen molar-refractivity contribution in [2.75, 3.05) is 13.6 Å². The van der Waals surface area contributed by atoms with E-state index < -0.39 is 0 Å². The van der Waals surface area contributed by atoms with Crippen LogP contribution in [0.3, 0.4) is 0 Å². The molecule has 2 aromatic carbocycles. The summed E-state index contributed by atoms with van der Waals surface area (Å²) in [7, 11) is 1.99. The largest absolute Gasteiger partial charge is 0.405 e. The molecule has 0 aliphatic carbocycles. The molecule has 21 heavy (non-hydrogen) atoms. The summed E-state index contributed by atoms with van der Waals surface area (Å²) in [5.74, 6) is 0.917. The molecule has 0 amide bonds. The minimum atomic E-state index is 0. The number of benzene rings is 2. The molecule has 0 unspecified atom stereocenters. The molecule has 2 nitrogen and oxygen atoms in total. The molecule has 0 spiro atoms. The van der Waals surface area contributed by atoms with Gasteiger partial charge in [-0.2, -0.15) is 0 Å². The van der Waals surface area contributed by atoms with Gasteiger partial charge in [-0.15, -0.1) is 17.5 Å². The van der Waals surface area contributed by atoms with Gasteiger partial charge < -0.3 is 4.84 Å². The molecule has 0 N–H and O–H groups in total. The van der Waals surface area contributed by atoms with Crippen molar-refractivity contribution < 1.29 is 4.84 Å². The van der Waals surface area contributed by atoms with Crippen LogP contribution in [0.1, 0.15) is 19.8 Å². The number of para-hydroxylation sites is 1. The van der Waals surface area contributed by atoms with Crippen molar-refractivity contribution in [3.8, 4) is 5.75 Å². The summed E-state index contributed by atoms with van der Waals surface area (Å²) in [5, 5.41) is 1.91. The van der Waals surface area contributed by atoms with Crippen LogP contribution in [0.25, 0.3) is 0 Å². The van der Waals surface area contributed by atoms with Gasteiger partial charge in [-0.05, 0) is 30.7 Å². The molecular formula is C17H22ClNOS. The van der Waals surface area contributed by atoms with Gasteiger partial charge in [-0.1, -0.05) is 55.4 Å². The van der Waals surface area contributed by atoms with Gasteiger partial charge >= 0.3 is 0 Å². The quantitative estimate of drug-likeness (QED) is 0.643. The third-order valence-electron chi connectivity index (χ3n) is 2.90. The van der Waals surface area contributed by atoms with E-state index in [-0.39, 0.29) is 12.4 Å². The Bertz CT molecular complexity index is 521. The topological polar surface area (TPSA) is 12.5 Å². The number of hydrogen-bond acceptors (Lipinski definition) is 3. The van der Waals surface area contributed by atoms with Gasteiger partial charge in [0, 0.05) is 18.5 Å². The van der Waals surface area contributed by atoms with E-state index in [0.29, 0.717) is 0 Å². The number of hydroxylamine groups is 2. The van der Waals surface area contributed by atoms with Crippen molar-refractivity contribution in [3.05, 3.63) is 54.6 Å². The average Bonchev–Trinajstić information content (AvgIpc) is 2.48. The maximum Gasteiger partial charge on any atom is 0.161 e. The zero-order valence-electron chi connectivity index (χ0n) is 12.5. The van der Waals surface area contributed by atoms with Crippen molar-refractivity contribution in [2.24, 2.45) is 0 Å². The molecule has 2 rings (SSSR count). The van der Waals surface area contributed by atoms with Gasteiger partial charge in [-0.25, -0.2) is 0 Å². The molecule has 2 aromatic rings. The Morgan fingerprint density at radius 3 is 2.38 bits per heavy atom. The Labute approximate surface area is 137 Å². The molecule has 0 aliphatic heterocycles. The Hall–Kier alpha value is -1.16. The number of hydrogen-bond donors (Lipinski definition) is 0. The van der Waals surface area contributed by atoms with Gasteiger partial charge in [0.1, 0.15) is 0 Å². The lowest BCUT2D eigenvalue weighted by Crippen LogP contribution is -2.23. The van der Waals surface area contributed by atoms with Crippen LogP contribution in [0.2, 0.25) is 0 Å². The van der Waals surface area contributed by atoms with Crippen LogP contribution in [0.4, 0.5) is 0 Å². The van der Waals surface area contributed by atoms with E-state index in [4.69, 9.17) is 4.84 Å². The molecule has 0 atom stereocenters. The van der Waals surface area contributed by atoms with E-state index in [2.05, 4.69) is 37.3 Å². The monoisotopic (exact) mass is 323 g/mol. The highest BCUT2D eigenvalue weighted by Gasteiger charge is 2.07. The summed E-state index contributed by atoms with van der Waals surface area (Å²) < 4.78 is 0. The Morgan fingerprint density at radius 1 is 1.00 bits per heavy atom. The van der Waals surface area contributed by atoms with Crippen LogP contribution in [-0.2, 0) is 0 Å². The maximum atomic E-state index is 5.93. The molecule has 0 heterocycles. The summed E-state index contributed by atoms with van der Waals surface area (Å²) in [6.45, 7) is 3.13. The van der Waals surface area contributed by atoms with E-state index in [0.717, 1.165) is 23.6 Å². The van der Waals surface area contributed by atoms with Crippen molar-refractivity contribution >= 4 is 24.2 Å². The van der Waals surface area contributed by atoms with Crippen molar-refractivity contribution in [1.29, 1.82) is 0 Å². The Morgan fingerprint density at radius 2 is 1.67 bits per heavy atom. The number of rotatable bonds is 7. The van der Waals surface area contributed by atoms with Crippen LogP contribution >= 0.6 is 24.2 Å². The first kappa shape index (κ1) is 17.9. The lowest BCUT2D eigenvalue weighted by atomic mass is 10.3. The first-order valence-electron chi connectivity index (χ1n) is 7.00. The van der Waals surface area contributed by atoms with Gasteiger partial charge in [0.15, 0.2) is 5.75 Å². The number of unbranched alkanes of at least 4 members (excludes halogenated alkanes) is 1. The van der Waals surface area contributed by atoms with Gasteiger partial charge in [0.05, 0.1) is 4.90 Å². The SMILES string of the molecule is CCCCN(C)Oc1ccccc1Sc1ccccc1.Cl. The molecule has 0 fully saturated rings.